The third-order valence-corrected chi connectivity index (χ3v) is 0. The van der Waals surface area contributed by atoms with Crippen LogP contribution in [0.15, 0.2) is 0 Å². The van der Waals surface area contributed by atoms with Gasteiger partial charge in [0, 0.05) is 0 Å². The van der Waals surface area contributed by atoms with Crippen molar-refractivity contribution in [2.75, 3.05) is 0 Å². The van der Waals surface area contributed by atoms with Gasteiger partial charge in [-0.1, -0.05) is 0 Å². The summed E-state index contributed by atoms with van der Waals surface area (Å²) >= 11 is 0. The summed E-state index contributed by atoms with van der Waals surface area (Å²) in [5.41, 5.74) is 0. The first-order valence-electron chi connectivity index (χ1n) is 0. The predicted octanol–water partition coefficient (Wildman–Crippen LogP) is -1.12. The Kier molecular flexibility index (Phi) is 8810. The standard InChI is InChI=1S/Cr.2H2O.O/h;2*1H2;/q+3;;;-2/p-1. The summed E-state index contributed by atoms with van der Waals surface area (Å²) < 4.78 is 0. The minimum atomic E-state index is 0. The largest absolute Gasteiger partial charge is 3.00 e. The molecule has 4 heavy (non-hydrogen) atoms. The van der Waals surface area contributed by atoms with Crippen molar-refractivity contribution in [1.29, 1.82) is 0 Å². The topological polar surface area (TPSA) is 90.0 Å². The van der Waals surface area contributed by atoms with Crippen molar-refractivity contribution in [2.45, 2.75) is 0 Å². The molecule has 1 radical (unpaired) electrons. The molecule has 0 rings (SSSR count). The van der Waals surface area contributed by atoms with Gasteiger partial charge in [0.15, 0.2) is 0 Å². The summed E-state index contributed by atoms with van der Waals surface area (Å²) in [6, 6.07) is 0. The van der Waals surface area contributed by atoms with Crippen LogP contribution in [-0.4, -0.2) is 11.0 Å². The molecular weight excluding hydrogens is 100.0 g/mol. The Bertz CT molecular complexity index is 3.25. The van der Waals surface area contributed by atoms with Crippen LogP contribution in [0.4, 0.5) is 0 Å². The summed E-state index contributed by atoms with van der Waals surface area (Å²) in [6.07, 6.45) is 0. The molecule has 0 fully saturated rings. The van der Waals surface area contributed by atoms with Gasteiger partial charge in [-0.15, -0.1) is 0 Å². The van der Waals surface area contributed by atoms with Gasteiger partial charge in [0.25, 0.3) is 0 Å². The van der Waals surface area contributed by atoms with E-state index < -0.39 is 0 Å². The van der Waals surface area contributed by atoms with E-state index in [2.05, 4.69) is 0 Å². The van der Waals surface area contributed by atoms with Gasteiger partial charge in [-0.2, -0.15) is 0 Å². The Morgan fingerprint density at radius 1 is 1.00 bits per heavy atom. The van der Waals surface area contributed by atoms with Crippen LogP contribution < -0.4 is 0 Å². The third kappa shape index (κ3) is 28.3. The minimum Gasteiger partial charge on any atom is -2.00 e. The third-order valence-electron chi connectivity index (χ3n) is 0. The maximum absolute atomic E-state index is 0. The zero-order chi connectivity index (χ0) is 0. The van der Waals surface area contributed by atoms with Gasteiger partial charge in [-0.3, -0.25) is 0 Å². The molecule has 0 aromatic carbocycles. The van der Waals surface area contributed by atoms with Gasteiger partial charge < -0.3 is 16.4 Å². The summed E-state index contributed by atoms with van der Waals surface area (Å²) in [4.78, 5) is 0. The smallest absolute Gasteiger partial charge is 2.00 e. The Labute approximate surface area is 34.7 Å². The van der Waals surface area contributed by atoms with Crippen LogP contribution in [0.25, 0.3) is 0 Å². The molecule has 0 unspecified atom stereocenters. The monoisotopic (exact) mass is 103 g/mol. The molecule has 0 aromatic rings. The molecule has 0 bridgehead atoms. The van der Waals surface area contributed by atoms with Gasteiger partial charge in [-0.05, 0) is 0 Å². The molecule has 0 aliphatic carbocycles. The van der Waals surface area contributed by atoms with E-state index in [4.69, 9.17) is 0 Å². The molecule has 0 heterocycles. The molecule has 0 amide bonds. The fourth-order valence-electron chi connectivity index (χ4n) is 0. The zero-order valence-corrected chi connectivity index (χ0v) is 3.04. The fraction of sp³-hybridized carbons (Fsp3) is 0. The van der Waals surface area contributed by atoms with Crippen LogP contribution in [-0.2, 0) is 22.8 Å². The first kappa shape index (κ1) is 302. The number of rotatable bonds is 0. The van der Waals surface area contributed by atoms with Gasteiger partial charge in [0.1, 0.15) is 0 Å². The van der Waals surface area contributed by atoms with E-state index in [1.807, 2.05) is 0 Å². The first-order chi connectivity index (χ1) is 0. The molecule has 0 aromatic heterocycles. The zero-order valence-electron chi connectivity index (χ0n) is 1.76. The Hall–Kier alpha value is 0.412. The van der Waals surface area contributed by atoms with Crippen LogP contribution in [0.5, 0.6) is 0 Å². The van der Waals surface area contributed by atoms with Crippen molar-refractivity contribution in [3.05, 3.63) is 0 Å². The van der Waals surface area contributed by atoms with E-state index in [-0.39, 0.29) is 33.8 Å². The molecular formula is H3CrO3. The van der Waals surface area contributed by atoms with E-state index in [0.717, 1.165) is 0 Å². The molecule has 0 aliphatic rings. The van der Waals surface area contributed by atoms with E-state index in [0.29, 0.717) is 0 Å². The fourth-order valence-corrected chi connectivity index (χ4v) is 0. The summed E-state index contributed by atoms with van der Waals surface area (Å²) in [6.45, 7) is 0. The van der Waals surface area contributed by atoms with Crippen molar-refractivity contribution in [2.24, 2.45) is 0 Å². The molecule has 0 aliphatic heterocycles. The molecule has 4 heteroatoms. The van der Waals surface area contributed by atoms with Gasteiger partial charge in [-0.25, -0.2) is 0 Å². The summed E-state index contributed by atoms with van der Waals surface area (Å²) in [7, 11) is 0. The molecule has 0 spiro atoms. The number of hydrogen-bond acceptors (Lipinski definition) is 1. The average Bonchev–Trinajstić information content (AvgIpc) is 0. The predicted molar refractivity (Wildman–Crippen MR) is 6.24 cm³/mol. The van der Waals surface area contributed by atoms with Gasteiger partial charge >= 0.3 is 17.4 Å². The second kappa shape index (κ2) is 117. The van der Waals surface area contributed by atoms with Crippen molar-refractivity contribution in [3.8, 4) is 0 Å². The van der Waals surface area contributed by atoms with Crippen molar-refractivity contribution in [1.82, 2.24) is 0 Å². The molecule has 27 valence electrons. The molecule has 0 saturated carbocycles. The van der Waals surface area contributed by atoms with Gasteiger partial charge in [0.05, 0.1) is 0 Å². The van der Waals surface area contributed by atoms with Crippen LogP contribution in [0.2, 0.25) is 0 Å². The maximum atomic E-state index is 0. The van der Waals surface area contributed by atoms with E-state index in [1.165, 1.54) is 0 Å². The summed E-state index contributed by atoms with van der Waals surface area (Å²) in [5, 5.41) is 0. The average molecular weight is 103 g/mol. The van der Waals surface area contributed by atoms with Crippen molar-refractivity contribution < 1.29 is 33.8 Å². The second-order valence-corrected chi connectivity index (χ2v) is 0. The molecule has 3 N–H and O–H groups in total. The van der Waals surface area contributed by atoms with Crippen LogP contribution >= 0.6 is 0 Å². The van der Waals surface area contributed by atoms with E-state index >= 15 is 0 Å². The van der Waals surface area contributed by atoms with Crippen LogP contribution in [0, 0.1) is 0 Å². The SMILES string of the molecule is O.[Cr+3].[O-2].[OH-]. The van der Waals surface area contributed by atoms with E-state index in [1.54, 1.807) is 0 Å². The minimum absolute atomic E-state index is 0. The van der Waals surface area contributed by atoms with Crippen LogP contribution in [0.1, 0.15) is 0 Å². The van der Waals surface area contributed by atoms with Crippen molar-refractivity contribution >= 4 is 0 Å². The Morgan fingerprint density at radius 3 is 1.00 bits per heavy atom. The summed E-state index contributed by atoms with van der Waals surface area (Å²) in [5.74, 6) is 0. The van der Waals surface area contributed by atoms with Gasteiger partial charge in [0.2, 0.25) is 0 Å². The van der Waals surface area contributed by atoms with E-state index in [9.17, 15) is 0 Å². The Balaban J connectivity index is 0. The van der Waals surface area contributed by atoms with Crippen LogP contribution in [0.3, 0.4) is 0 Å². The normalized spacial score (nSPS) is 0. The Morgan fingerprint density at radius 2 is 1.00 bits per heavy atom. The number of hydrogen-bond donors (Lipinski definition) is 0. The second-order valence-electron chi connectivity index (χ2n) is 0. The molecule has 0 atom stereocenters. The molecule has 3 nitrogen and oxygen atoms in total. The quantitative estimate of drug-likeness (QED) is 0.381. The first-order valence-corrected chi connectivity index (χ1v) is 0. The maximum Gasteiger partial charge on any atom is 3.00 e. The van der Waals surface area contributed by atoms with Crippen molar-refractivity contribution in [3.63, 3.8) is 0 Å². The molecule has 0 saturated heterocycles.